The molecule has 13 rings (SSSR count). The van der Waals surface area contributed by atoms with Gasteiger partial charge in [-0.2, -0.15) is 0 Å². The molecular formula is C66H44N2O. The highest BCUT2D eigenvalue weighted by Crippen LogP contribution is 2.46. The quantitative estimate of drug-likeness (QED) is 0.144. The zero-order valence-corrected chi connectivity index (χ0v) is 37.7. The van der Waals surface area contributed by atoms with Gasteiger partial charge in [0.25, 0.3) is 0 Å². The maximum Gasteiger partial charge on any atom is 0.143 e. The molecule has 0 N–H and O–H groups in total. The number of para-hydroxylation sites is 6. The SMILES string of the molecule is c1ccc(-c2ccccc2-c2ccccc2N(c2ccc(-c3cccc4c3oc3ccccc34)cc2)c2cccc(-c3cccc(-c4ccccc4-n4c5ccccc5c5ccccc54)c3)c2)cc1. The highest BCUT2D eigenvalue weighted by molar-refractivity contribution is 6.11. The summed E-state index contributed by atoms with van der Waals surface area (Å²) in [5, 5.41) is 4.75. The van der Waals surface area contributed by atoms with E-state index in [-0.39, 0.29) is 0 Å². The normalized spacial score (nSPS) is 11.5. The molecule has 0 saturated heterocycles. The van der Waals surface area contributed by atoms with Crippen LogP contribution in [-0.2, 0) is 0 Å². The van der Waals surface area contributed by atoms with Crippen molar-refractivity contribution in [1.82, 2.24) is 4.57 Å². The second-order valence-electron chi connectivity index (χ2n) is 17.6. The zero-order valence-electron chi connectivity index (χ0n) is 37.7. The molecule has 0 amide bonds. The van der Waals surface area contributed by atoms with Crippen LogP contribution in [0.25, 0.3) is 105 Å². The van der Waals surface area contributed by atoms with Gasteiger partial charge in [-0.1, -0.05) is 206 Å². The summed E-state index contributed by atoms with van der Waals surface area (Å²) in [6, 6.07) is 96.1. The summed E-state index contributed by atoms with van der Waals surface area (Å²) >= 11 is 0. The van der Waals surface area contributed by atoms with Crippen LogP contribution in [-0.4, -0.2) is 4.57 Å². The van der Waals surface area contributed by atoms with E-state index in [0.29, 0.717) is 0 Å². The fourth-order valence-corrected chi connectivity index (χ4v) is 10.5. The van der Waals surface area contributed by atoms with Crippen LogP contribution in [0.3, 0.4) is 0 Å². The number of hydrogen-bond donors (Lipinski definition) is 0. The summed E-state index contributed by atoms with van der Waals surface area (Å²) in [4.78, 5) is 2.41. The molecule has 0 bridgehead atoms. The molecular weight excluding hydrogens is 837 g/mol. The van der Waals surface area contributed by atoms with Crippen molar-refractivity contribution >= 4 is 60.8 Å². The van der Waals surface area contributed by atoms with E-state index < -0.39 is 0 Å². The molecule has 69 heavy (non-hydrogen) atoms. The number of fused-ring (bicyclic) bond motifs is 6. The molecule has 0 fully saturated rings. The second-order valence-corrected chi connectivity index (χ2v) is 17.6. The van der Waals surface area contributed by atoms with E-state index in [1.165, 1.54) is 44.1 Å². The molecule has 0 atom stereocenters. The van der Waals surface area contributed by atoms with Crippen molar-refractivity contribution in [2.24, 2.45) is 0 Å². The van der Waals surface area contributed by atoms with Gasteiger partial charge in [-0.15, -0.1) is 0 Å². The molecule has 0 aliphatic heterocycles. The Morgan fingerprint density at radius 1 is 0.290 bits per heavy atom. The molecule has 11 aromatic carbocycles. The van der Waals surface area contributed by atoms with Crippen molar-refractivity contribution in [3.63, 3.8) is 0 Å². The lowest BCUT2D eigenvalue weighted by atomic mass is 9.93. The van der Waals surface area contributed by atoms with Crippen LogP contribution in [0.1, 0.15) is 0 Å². The van der Waals surface area contributed by atoms with Gasteiger partial charge in [0.2, 0.25) is 0 Å². The Labute approximate surface area is 401 Å². The number of nitrogens with zero attached hydrogens (tertiary/aromatic N) is 2. The summed E-state index contributed by atoms with van der Waals surface area (Å²) < 4.78 is 8.92. The van der Waals surface area contributed by atoms with Gasteiger partial charge in [0, 0.05) is 49.6 Å². The Morgan fingerprint density at radius 2 is 0.812 bits per heavy atom. The van der Waals surface area contributed by atoms with Crippen LogP contribution in [0, 0.1) is 0 Å². The molecule has 2 heterocycles. The molecule has 324 valence electrons. The Balaban J connectivity index is 0.948. The van der Waals surface area contributed by atoms with E-state index in [1.807, 2.05) is 12.1 Å². The maximum absolute atomic E-state index is 6.51. The van der Waals surface area contributed by atoms with Gasteiger partial charge in [0.05, 0.1) is 22.4 Å². The van der Waals surface area contributed by atoms with E-state index in [9.17, 15) is 0 Å². The van der Waals surface area contributed by atoms with Gasteiger partial charge < -0.3 is 13.9 Å². The first kappa shape index (κ1) is 40.1. The molecule has 2 aromatic heterocycles. The minimum atomic E-state index is 0.896. The predicted octanol–water partition coefficient (Wildman–Crippen LogP) is 18.5. The first-order chi connectivity index (χ1) is 34.2. The summed E-state index contributed by atoms with van der Waals surface area (Å²) in [7, 11) is 0. The third kappa shape index (κ3) is 6.99. The number of furan rings is 1. The summed E-state index contributed by atoms with van der Waals surface area (Å²) in [6.45, 7) is 0. The smallest absolute Gasteiger partial charge is 0.143 e. The molecule has 0 radical (unpaired) electrons. The third-order valence-corrected chi connectivity index (χ3v) is 13.6. The van der Waals surface area contributed by atoms with E-state index >= 15 is 0 Å². The standard InChI is InChI=1S/C66H44N2O/c1-2-19-45(20-3-1)52-25-4-5-27-55(52)56-28-7-12-35-62(56)67(50-41-39-46(40-42-50)54-32-18-33-60-59-31-10-15-38-65(59)69-66(54)60)51-24-17-22-48(44-51)47-21-16-23-49(43-47)53-26-6-11-34-61(53)68-63-36-13-8-29-57(63)58-30-9-14-37-64(58)68/h1-44H. The summed E-state index contributed by atoms with van der Waals surface area (Å²) in [5.74, 6) is 0. The zero-order chi connectivity index (χ0) is 45.7. The lowest BCUT2D eigenvalue weighted by Crippen LogP contribution is -2.11. The number of aromatic nitrogens is 1. The minimum absolute atomic E-state index is 0.896. The van der Waals surface area contributed by atoms with Crippen LogP contribution in [0.5, 0.6) is 0 Å². The Morgan fingerprint density at radius 3 is 1.59 bits per heavy atom. The number of anilines is 3. The topological polar surface area (TPSA) is 21.3 Å². The Hall–Kier alpha value is -9.18. The average Bonchev–Trinajstić information content (AvgIpc) is 3.98. The molecule has 0 unspecified atom stereocenters. The van der Waals surface area contributed by atoms with Crippen molar-refractivity contribution in [2.75, 3.05) is 4.90 Å². The fourth-order valence-electron chi connectivity index (χ4n) is 10.5. The summed E-state index contributed by atoms with van der Waals surface area (Å²) in [5.41, 5.74) is 20.0. The molecule has 3 heteroatoms. The molecule has 0 aliphatic rings. The molecule has 0 saturated carbocycles. The van der Waals surface area contributed by atoms with Gasteiger partial charge in [0.1, 0.15) is 11.2 Å². The van der Waals surface area contributed by atoms with Gasteiger partial charge in [-0.05, 0) is 99.6 Å². The minimum Gasteiger partial charge on any atom is -0.455 e. The van der Waals surface area contributed by atoms with E-state index in [1.54, 1.807) is 0 Å². The van der Waals surface area contributed by atoms with Gasteiger partial charge in [0.15, 0.2) is 0 Å². The Kier molecular flexibility index (Phi) is 9.84. The number of benzene rings is 11. The van der Waals surface area contributed by atoms with Crippen LogP contribution >= 0.6 is 0 Å². The van der Waals surface area contributed by atoms with Gasteiger partial charge in [-0.3, -0.25) is 0 Å². The predicted molar refractivity (Wildman–Crippen MR) is 290 cm³/mol. The summed E-state index contributed by atoms with van der Waals surface area (Å²) in [6.07, 6.45) is 0. The highest BCUT2D eigenvalue weighted by Gasteiger charge is 2.21. The second kappa shape index (κ2) is 16.9. The van der Waals surface area contributed by atoms with E-state index in [4.69, 9.17) is 4.42 Å². The maximum atomic E-state index is 6.51. The van der Waals surface area contributed by atoms with E-state index in [0.717, 1.165) is 78.1 Å². The highest BCUT2D eigenvalue weighted by atomic mass is 16.3. The average molecular weight is 881 g/mol. The lowest BCUT2D eigenvalue weighted by Gasteiger charge is -2.29. The Bertz CT molecular complexity index is 3970. The monoisotopic (exact) mass is 880 g/mol. The van der Waals surface area contributed by atoms with Crippen molar-refractivity contribution in [2.45, 2.75) is 0 Å². The first-order valence-electron chi connectivity index (χ1n) is 23.6. The lowest BCUT2D eigenvalue weighted by molar-refractivity contribution is 0.670. The van der Waals surface area contributed by atoms with Gasteiger partial charge in [-0.25, -0.2) is 0 Å². The van der Waals surface area contributed by atoms with Crippen LogP contribution in [0.4, 0.5) is 17.1 Å². The largest absolute Gasteiger partial charge is 0.455 e. The van der Waals surface area contributed by atoms with Gasteiger partial charge >= 0.3 is 0 Å². The molecule has 3 nitrogen and oxygen atoms in total. The van der Waals surface area contributed by atoms with Crippen LogP contribution in [0.2, 0.25) is 0 Å². The number of rotatable bonds is 9. The molecule has 0 spiro atoms. The van der Waals surface area contributed by atoms with Crippen LogP contribution in [0.15, 0.2) is 271 Å². The molecule has 13 aromatic rings. The van der Waals surface area contributed by atoms with Crippen LogP contribution < -0.4 is 4.90 Å². The third-order valence-electron chi connectivity index (χ3n) is 13.6. The first-order valence-corrected chi connectivity index (χ1v) is 23.6. The van der Waals surface area contributed by atoms with Crippen molar-refractivity contribution in [1.29, 1.82) is 0 Å². The number of hydrogen-bond acceptors (Lipinski definition) is 2. The van der Waals surface area contributed by atoms with Crippen molar-refractivity contribution < 1.29 is 4.42 Å². The fraction of sp³-hybridized carbons (Fsp3) is 0. The van der Waals surface area contributed by atoms with E-state index in [2.05, 4.69) is 264 Å². The van der Waals surface area contributed by atoms with Crippen molar-refractivity contribution in [3.05, 3.63) is 267 Å². The molecule has 0 aliphatic carbocycles. The van der Waals surface area contributed by atoms with Crippen molar-refractivity contribution in [3.8, 4) is 61.3 Å².